The molecule has 0 radical (unpaired) electrons. The molecule has 0 unspecified atom stereocenters. The predicted octanol–water partition coefficient (Wildman–Crippen LogP) is 3.09. The molecule has 20 heavy (non-hydrogen) atoms. The zero-order chi connectivity index (χ0) is 15.4. The van der Waals surface area contributed by atoms with E-state index in [2.05, 4.69) is 0 Å². The molecule has 0 aromatic heterocycles. The molecule has 0 atom stereocenters. The van der Waals surface area contributed by atoms with Gasteiger partial charge in [0.1, 0.15) is 5.88 Å². The lowest BCUT2D eigenvalue weighted by atomic mass is 10.3. The van der Waals surface area contributed by atoms with Gasteiger partial charge in [-0.1, -0.05) is 53.2 Å². The Hall–Kier alpha value is -0.210. The molecular formula is C11H15Cl2FN2O2S2. The monoisotopic (exact) mass is 360 g/mol. The second-order valence-corrected chi connectivity index (χ2v) is 9.06. The molecule has 0 bridgehead atoms. The first-order valence-corrected chi connectivity index (χ1v) is 8.88. The topological polar surface area (TPSA) is 40.6 Å². The van der Waals surface area contributed by atoms with Gasteiger partial charge >= 0.3 is 3.92 Å². The molecule has 0 amide bonds. The summed E-state index contributed by atoms with van der Waals surface area (Å²) in [5.74, 6) is -0.290. The number of sulfonamides is 1. The zero-order valence-electron chi connectivity index (χ0n) is 11.0. The Morgan fingerprint density at radius 1 is 1.25 bits per heavy atom. The third-order valence-corrected chi connectivity index (χ3v) is 5.55. The average Bonchev–Trinajstić information content (AvgIpc) is 2.34. The Bertz CT molecular complexity index is 521. The van der Waals surface area contributed by atoms with Crippen molar-refractivity contribution in [2.45, 2.75) is 3.92 Å². The van der Waals surface area contributed by atoms with E-state index in [1.807, 2.05) is 0 Å². The lowest BCUT2D eigenvalue weighted by Gasteiger charge is -2.26. The summed E-state index contributed by atoms with van der Waals surface area (Å²) >= 11 is 11.1. The smallest absolute Gasteiger partial charge is 0.306 e. The summed E-state index contributed by atoms with van der Waals surface area (Å²) in [5.41, 5.74) is 0.642. The quantitative estimate of drug-likeness (QED) is 0.553. The van der Waals surface area contributed by atoms with Crippen molar-refractivity contribution >= 4 is 50.7 Å². The highest BCUT2D eigenvalue weighted by Crippen LogP contribution is 2.37. The van der Waals surface area contributed by atoms with Gasteiger partial charge in [0.15, 0.2) is 0 Å². The summed E-state index contributed by atoms with van der Waals surface area (Å²) in [6.07, 6.45) is 0. The maximum atomic E-state index is 13.2. The Labute approximate surface area is 132 Å². The summed E-state index contributed by atoms with van der Waals surface area (Å²) in [6.45, 7) is 0. The Kier molecular flexibility index (Phi) is 6.40. The molecule has 0 spiro atoms. The van der Waals surface area contributed by atoms with E-state index in [4.69, 9.17) is 23.2 Å². The van der Waals surface area contributed by atoms with Crippen molar-refractivity contribution in [3.63, 3.8) is 0 Å². The van der Waals surface area contributed by atoms with E-state index in [0.29, 0.717) is 17.4 Å². The van der Waals surface area contributed by atoms with Gasteiger partial charge in [0.05, 0.1) is 5.88 Å². The molecule has 4 nitrogen and oxygen atoms in total. The molecule has 0 aliphatic carbocycles. The lowest BCUT2D eigenvalue weighted by Crippen LogP contribution is -2.36. The number of para-hydroxylation sites is 1. The molecule has 0 N–H and O–H groups in total. The van der Waals surface area contributed by atoms with Gasteiger partial charge in [-0.25, -0.2) is 12.7 Å². The normalized spacial score (nSPS) is 12.7. The highest BCUT2D eigenvalue weighted by atomic mass is 35.5. The molecule has 0 aliphatic rings. The van der Waals surface area contributed by atoms with Crippen molar-refractivity contribution < 1.29 is 12.8 Å². The van der Waals surface area contributed by atoms with Gasteiger partial charge in [0.25, 0.3) is 0 Å². The number of rotatable bonds is 7. The molecule has 1 aromatic rings. The number of anilines is 1. The van der Waals surface area contributed by atoms with E-state index in [1.54, 1.807) is 30.3 Å². The summed E-state index contributed by atoms with van der Waals surface area (Å²) in [7, 11) is -0.599. The van der Waals surface area contributed by atoms with Crippen LogP contribution in [0.5, 0.6) is 0 Å². The van der Waals surface area contributed by atoms with Gasteiger partial charge in [0.2, 0.25) is 10.0 Å². The Morgan fingerprint density at radius 2 is 1.80 bits per heavy atom. The molecule has 0 saturated heterocycles. The van der Waals surface area contributed by atoms with Crippen LogP contribution in [0.1, 0.15) is 0 Å². The molecule has 0 heterocycles. The minimum atomic E-state index is -3.48. The van der Waals surface area contributed by atoms with E-state index in [1.165, 1.54) is 19.0 Å². The summed E-state index contributed by atoms with van der Waals surface area (Å²) in [5, 5.41) is 0. The molecule has 9 heteroatoms. The van der Waals surface area contributed by atoms with Crippen molar-refractivity contribution in [1.29, 1.82) is 0 Å². The van der Waals surface area contributed by atoms with Crippen molar-refractivity contribution in [3.8, 4) is 0 Å². The van der Waals surface area contributed by atoms with E-state index >= 15 is 0 Å². The first-order chi connectivity index (χ1) is 9.12. The third kappa shape index (κ3) is 6.05. The summed E-state index contributed by atoms with van der Waals surface area (Å²) < 4.78 is 35.7. The second kappa shape index (κ2) is 7.17. The maximum absolute atomic E-state index is 13.2. The molecule has 114 valence electrons. The van der Waals surface area contributed by atoms with Gasteiger partial charge in [-0.2, -0.15) is 4.39 Å². The number of benzene rings is 1. The van der Waals surface area contributed by atoms with E-state index in [9.17, 15) is 12.8 Å². The van der Waals surface area contributed by atoms with Crippen LogP contribution in [0.3, 0.4) is 0 Å². The Balaban J connectivity index is 2.91. The van der Waals surface area contributed by atoms with Gasteiger partial charge < -0.3 is 4.90 Å². The van der Waals surface area contributed by atoms with Crippen LogP contribution in [-0.4, -0.2) is 42.5 Å². The average molecular weight is 361 g/mol. The maximum Gasteiger partial charge on any atom is 0.306 e. The summed E-state index contributed by atoms with van der Waals surface area (Å²) in [4.78, 5) is 1.49. The highest BCUT2D eigenvalue weighted by Gasteiger charge is 2.26. The van der Waals surface area contributed by atoms with E-state index < -0.39 is 13.9 Å². The highest BCUT2D eigenvalue weighted by molar-refractivity contribution is 8.03. The van der Waals surface area contributed by atoms with Gasteiger partial charge in [-0.15, -0.1) is 0 Å². The standard InChI is InChI=1S/C11H15Cl2FN2O2S2/c1-15(2)20(17,18)9-16(8-19-11(12,13)14)10-6-4-3-5-7-10/h3-7H,8-9H2,1-2H3. The fourth-order valence-electron chi connectivity index (χ4n) is 1.29. The number of hydrogen-bond donors (Lipinski definition) is 0. The van der Waals surface area contributed by atoms with Crippen LogP contribution >= 0.6 is 35.0 Å². The zero-order valence-corrected chi connectivity index (χ0v) is 14.1. The van der Waals surface area contributed by atoms with Crippen molar-refractivity contribution in [3.05, 3.63) is 30.3 Å². The predicted molar refractivity (Wildman–Crippen MR) is 84.4 cm³/mol. The van der Waals surface area contributed by atoms with Crippen LogP contribution in [-0.2, 0) is 10.0 Å². The van der Waals surface area contributed by atoms with Crippen LogP contribution < -0.4 is 4.90 Å². The van der Waals surface area contributed by atoms with Crippen molar-refractivity contribution in [2.75, 3.05) is 30.7 Å². The molecule has 0 aliphatic heterocycles. The van der Waals surface area contributed by atoms with Crippen molar-refractivity contribution in [1.82, 2.24) is 4.31 Å². The minimum Gasteiger partial charge on any atom is -0.347 e. The van der Waals surface area contributed by atoms with Gasteiger partial charge in [0, 0.05) is 19.8 Å². The third-order valence-electron chi connectivity index (χ3n) is 2.38. The Morgan fingerprint density at radius 3 is 2.25 bits per heavy atom. The number of thioether (sulfide) groups is 1. The van der Waals surface area contributed by atoms with Gasteiger partial charge in [-0.3, -0.25) is 0 Å². The van der Waals surface area contributed by atoms with Gasteiger partial charge in [-0.05, 0) is 12.1 Å². The number of halogens is 3. The first kappa shape index (κ1) is 17.8. The van der Waals surface area contributed by atoms with Crippen LogP contribution in [0.25, 0.3) is 0 Å². The molecule has 1 rings (SSSR count). The minimum absolute atomic E-state index is 0.000579. The molecule has 0 fully saturated rings. The van der Waals surface area contributed by atoms with E-state index in [-0.39, 0.29) is 11.8 Å². The van der Waals surface area contributed by atoms with Crippen molar-refractivity contribution in [2.24, 2.45) is 0 Å². The molecule has 0 saturated carbocycles. The fourth-order valence-corrected chi connectivity index (χ4v) is 3.10. The largest absolute Gasteiger partial charge is 0.347 e. The van der Waals surface area contributed by atoms with E-state index in [0.717, 1.165) is 4.31 Å². The second-order valence-electron chi connectivity index (χ2n) is 4.12. The fraction of sp³-hybridized carbons (Fsp3) is 0.455. The lowest BCUT2D eigenvalue weighted by molar-refractivity contribution is 0.513. The first-order valence-electron chi connectivity index (χ1n) is 5.53. The SMILES string of the molecule is CN(C)S(=O)(=O)CN(CSC(F)(Cl)Cl)c1ccccc1. The van der Waals surface area contributed by atoms with Crippen LogP contribution in [0, 0.1) is 0 Å². The molecular weight excluding hydrogens is 346 g/mol. The molecule has 1 aromatic carbocycles. The van der Waals surface area contributed by atoms with Crippen LogP contribution in [0.2, 0.25) is 0 Å². The summed E-state index contributed by atoms with van der Waals surface area (Å²) in [6, 6.07) is 8.79. The number of hydrogen-bond acceptors (Lipinski definition) is 4. The number of nitrogens with zero attached hydrogens (tertiary/aromatic N) is 2. The van der Waals surface area contributed by atoms with Crippen LogP contribution in [0.15, 0.2) is 30.3 Å². The van der Waals surface area contributed by atoms with Crippen LogP contribution in [0.4, 0.5) is 10.1 Å². The number of alkyl halides is 3.